The SMILES string of the molecule is Cc1ccc(CNc2ccc(C(C)C)cc2)cc1Cl. The second kappa shape index (κ2) is 6.12. The molecule has 2 heteroatoms. The summed E-state index contributed by atoms with van der Waals surface area (Å²) in [6.07, 6.45) is 0. The van der Waals surface area contributed by atoms with Gasteiger partial charge in [0.25, 0.3) is 0 Å². The van der Waals surface area contributed by atoms with Crippen molar-refractivity contribution in [2.45, 2.75) is 33.2 Å². The van der Waals surface area contributed by atoms with E-state index in [1.54, 1.807) is 0 Å². The third kappa shape index (κ3) is 3.74. The highest BCUT2D eigenvalue weighted by Gasteiger charge is 2.00. The minimum Gasteiger partial charge on any atom is -0.381 e. The second-order valence-electron chi connectivity index (χ2n) is 5.21. The second-order valence-corrected chi connectivity index (χ2v) is 5.62. The number of hydrogen-bond acceptors (Lipinski definition) is 1. The normalized spacial score (nSPS) is 10.8. The van der Waals surface area contributed by atoms with Crippen LogP contribution in [-0.2, 0) is 6.54 Å². The Balaban J connectivity index is 2.00. The van der Waals surface area contributed by atoms with Crippen LogP contribution in [0.4, 0.5) is 5.69 Å². The third-order valence-electron chi connectivity index (χ3n) is 3.31. The molecule has 0 heterocycles. The topological polar surface area (TPSA) is 12.0 Å². The largest absolute Gasteiger partial charge is 0.381 e. The molecule has 0 atom stereocenters. The Morgan fingerprint density at radius 1 is 1.05 bits per heavy atom. The van der Waals surface area contributed by atoms with Crippen LogP contribution >= 0.6 is 11.6 Å². The van der Waals surface area contributed by atoms with Gasteiger partial charge in [-0.25, -0.2) is 0 Å². The van der Waals surface area contributed by atoms with Crippen molar-refractivity contribution < 1.29 is 0 Å². The van der Waals surface area contributed by atoms with Gasteiger partial charge in [0.15, 0.2) is 0 Å². The summed E-state index contributed by atoms with van der Waals surface area (Å²) in [6.45, 7) is 7.22. The first-order valence-electron chi connectivity index (χ1n) is 6.65. The standard InChI is InChI=1S/C17H20ClN/c1-12(2)15-6-8-16(9-7-15)19-11-14-5-4-13(3)17(18)10-14/h4-10,12,19H,11H2,1-3H3. The van der Waals surface area contributed by atoms with Crippen molar-refractivity contribution in [3.8, 4) is 0 Å². The zero-order chi connectivity index (χ0) is 13.8. The molecule has 1 nitrogen and oxygen atoms in total. The average Bonchev–Trinajstić information content (AvgIpc) is 2.40. The van der Waals surface area contributed by atoms with Crippen LogP contribution in [-0.4, -0.2) is 0 Å². The van der Waals surface area contributed by atoms with Gasteiger partial charge < -0.3 is 5.32 Å². The highest BCUT2D eigenvalue weighted by molar-refractivity contribution is 6.31. The molecule has 0 aromatic heterocycles. The summed E-state index contributed by atoms with van der Waals surface area (Å²) in [4.78, 5) is 0. The number of aryl methyl sites for hydroxylation is 1. The molecule has 0 bridgehead atoms. The molecule has 0 unspecified atom stereocenters. The number of hydrogen-bond donors (Lipinski definition) is 1. The molecule has 0 saturated heterocycles. The van der Waals surface area contributed by atoms with Gasteiger partial charge in [0.05, 0.1) is 0 Å². The Bertz CT molecular complexity index is 544. The van der Waals surface area contributed by atoms with Gasteiger partial charge in [-0.1, -0.05) is 49.7 Å². The number of rotatable bonds is 4. The molecule has 2 rings (SSSR count). The predicted molar refractivity (Wildman–Crippen MR) is 84.0 cm³/mol. The molecule has 0 spiro atoms. The first kappa shape index (κ1) is 14.0. The average molecular weight is 274 g/mol. The molecular weight excluding hydrogens is 254 g/mol. The summed E-state index contributed by atoms with van der Waals surface area (Å²) in [5.74, 6) is 0.574. The molecule has 0 saturated carbocycles. The van der Waals surface area contributed by atoms with Crippen LogP contribution < -0.4 is 5.32 Å². The van der Waals surface area contributed by atoms with Gasteiger partial charge in [0, 0.05) is 17.3 Å². The lowest BCUT2D eigenvalue weighted by molar-refractivity contribution is 0.867. The van der Waals surface area contributed by atoms with Crippen molar-refractivity contribution in [3.05, 3.63) is 64.2 Å². The zero-order valence-electron chi connectivity index (χ0n) is 11.7. The van der Waals surface area contributed by atoms with E-state index in [2.05, 4.69) is 55.6 Å². The smallest absolute Gasteiger partial charge is 0.0438 e. The maximum atomic E-state index is 6.12. The van der Waals surface area contributed by atoms with Crippen molar-refractivity contribution in [2.24, 2.45) is 0 Å². The quantitative estimate of drug-likeness (QED) is 0.788. The first-order chi connectivity index (χ1) is 9.06. The van der Waals surface area contributed by atoms with Gasteiger partial charge in [-0.2, -0.15) is 0 Å². The van der Waals surface area contributed by atoms with Crippen LogP contribution in [0, 0.1) is 6.92 Å². The van der Waals surface area contributed by atoms with Crippen molar-refractivity contribution in [1.29, 1.82) is 0 Å². The monoisotopic (exact) mass is 273 g/mol. The van der Waals surface area contributed by atoms with Gasteiger partial charge in [0.1, 0.15) is 0 Å². The maximum absolute atomic E-state index is 6.12. The van der Waals surface area contributed by atoms with Crippen molar-refractivity contribution >= 4 is 17.3 Å². The van der Waals surface area contributed by atoms with Crippen LogP contribution in [0.25, 0.3) is 0 Å². The summed E-state index contributed by atoms with van der Waals surface area (Å²) in [5, 5.41) is 4.24. The van der Waals surface area contributed by atoms with Gasteiger partial charge in [-0.15, -0.1) is 0 Å². The molecule has 1 N–H and O–H groups in total. The van der Waals surface area contributed by atoms with E-state index in [0.29, 0.717) is 5.92 Å². The minimum absolute atomic E-state index is 0.574. The van der Waals surface area contributed by atoms with E-state index in [-0.39, 0.29) is 0 Å². The molecule has 0 aliphatic rings. The summed E-state index contributed by atoms with van der Waals surface area (Å²) < 4.78 is 0. The van der Waals surface area contributed by atoms with Crippen LogP contribution in [0.5, 0.6) is 0 Å². The molecule has 100 valence electrons. The van der Waals surface area contributed by atoms with Crippen LogP contribution in [0.1, 0.15) is 36.5 Å². The van der Waals surface area contributed by atoms with E-state index in [0.717, 1.165) is 22.8 Å². The Hall–Kier alpha value is -1.47. The molecule has 0 amide bonds. The molecule has 0 fully saturated rings. The number of nitrogens with one attached hydrogen (secondary N) is 1. The van der Waals surface area contributed by atoms with Gasteiger partial charge >= 0.3 is 0 Å². The van der Waals surface area contributed by atoms with E-state index >= 15 is 0 Å². The Kier molecular flexibility index (Phi) is 4.49. The Labute approximate surface area is 120 Å². The van der Waals surface area contributed by atoms with Crippen LogP contribution in [0.3, 0.4) is 0 Å². The summed E-state index contributed by atoms with van der Waals surface area (Å²) in [6, 6.07) is 14.8. The summed E-state index contributed by atoms with van der Waals surface area (Å²) in [5.41, 5.74) is 4.82. The Morgan fingerprint density at radius 3 is 2.32 bits per heavy atom. The summed E-state index contributed by atoms with van der Waals surface area (Å²) in [7, 11) is 0. The predicted octanol–water partition coefficient (Wildman–Crippen LogP) is 5.38. The molecule has 0 radical (unpaired) electrons. The van der Waals surface area contributed by atoms with Gasteiger partial charge in [-0.05, 0) is 47.7 Å². The zero-order valence-corrected chi connectivity index (χ0v) is 12.5. The molecular formula is C17H20ClN. The lowest BCUT2D eigenvalue weighted by atomic mass is 10.0. The number of benzene rings is 2. The van der Waals surface area contributed by atoms with Crippen molar-refractivity contribution in [3.63, 3.8) is 0 Å². The van der Waals surface area contributed by atoms with E-state index in [4.69, 9.17) is 11.6 Å². The first-order valence-corrected chi connectivity index (χ1v) is 7.03. The molecule has 0 aliphatic heterocycles. The lowest BCUT2D eigenvalue weighted by Gasteiger charge is -2.10. The number of halogens is 1. The van der Waals surface area contributed by atoms with E-state index in [1.165, 1.54) is 11.1 Å². The van der Waals surface area contributed by atoms with Crippen LogP contribution in [0.15, 0.2) is 42.5 Å². The molecule has 19 heavy (non-hydrogen) atoms. The van der Waals surface area contributed by atoms with Gasteiger partial charge in [-0.3, -0.25) is 0 Å². The number of anilines is 1. The van der Waals surface area contributed by atoms with Crippen molar-refractivity contribution in [1.82, 2.24) is 0 Å². The Morgan fingerprint density at radius 2 is 1.74 bits per heavy atom. The van der Waals surface area contributed by atoms with E-state index in [1.807, 2.05) is 13.0 Å². The molecule has 0 aliphatic carbocycles. The van der Waals surface area contributed by atoms with Crippen LogP contribution in [0.2, 0.25) is 5.02 Å². The maximum Gasteiger partial charge on any atom is 0.0438 e. The van der Waals surface area contributed by atoms with Gasteiger partial charge in [0.2, 0.25) is 0 Å². The minimum atomic E-state index is 0.574. The van der Waals surface area contributed by atoms with E-state index in [9.17, 15) is 0 Å². The lowest BCUT2D eigenvalue weighted by Crippen LogP contribution is -1.99. The van der Waals surface area contributed by atoms with Crippen molar-refractivity contribution in [2.75, 3.05) is 5.32 Å². The fraction of sp³-hybridized carbons (Fsp3) is 0.294. The van der Waals surface area contributed by atoms with E-state index < -0.39 is 0 Å². The highest BCUT2D eigenvalue weighted by Crippen LogP contribution is 2.19. The fourth-order valence-corrected chi connectivity index (χ4v) is 2.14. The highest BCUT2D eigenvalue weighted by atomic mass is 35.5. The molecule has 2 aromatic carbocycles. The molecule has 2 aromatic rings. The third-order valence-corrected chi connectivity index (χ3v) is 3.72. The fourth-order valence-electron chi connectivity index (χ4n) is 1.94. The summed E-state index contributed by atoms with van der Waals surface area (Å²) >= 11 is 6.12.